The van der Waals surface area contributed by atoms with Crippen LogP contribution in [-0.2, 0) is 5.41 Å². The van der Waals surface area contributed by atoms with Crippen molar-refractivity contribution >= 4 is 21.9 Å². The van der Waals surface area contributed by atoms with E-state index in [1.54, 1.807) is 0 Å². The minimum Gasteiger partial charge on any atom is -0.356 e. The fourth-order valence-electron chi connectivity index (χ4n) is 3.85. The molecule has 5 heteroatoms. The van der Waals surface area contributed by atoms with E-state index in [9.17, 15) is 0 Å². The number of guanidine groups is 1. The Balaban J connectivity index is 1.46. The van der Waals surface area contributed by atoms with Crippen LogP contribution in [-0.4, -0.2) is 50.6 Å². The van der Waals surface area contributed by atoms with Crippen LogP contribution < -0.4 is 10.6 Å². The largest absolute Gasteiger partial charge is 0.356 e. The summed E-state index contributed by atoms with van der Waals surface area (Å²) in [5.41, 5.74) is 1.71. The maximum absolute atomic E-state index is 4.42. The van der Waals surface area contributed by atoms with Gasteiger partial charge in [0.1, 0.15) is 0 Å². The molecule has 2 aliphatic rings. The van der Waals surface area contributed by atoms with Gasteiger partial charge in [-0.25, -0.2) is 0 Å². The van der Waals surface area contributed by atoms with Crippen molar-refractivity contribution < 1.29 is 0 Å². The van der Waals surface area contributed by atoms with Crippen molar-refractivity contribution in [3.63, 3.8) is 0 Å². The Morgan fingerprint density at radius 2 is 2.20 bits per heavy atom. The zero-order valence-electron chi connectivity index (χ0n) is 15.5. The van der Waals surface area contributed by atoms with Gasteiger partial charge in [0.2, 0.25) is 0 Å². The van der Waals surface area contributed by atoms with E-state index < -0.39 is 0 Å². The highest BCUT2D eigenvalue weighted by Gasteiger charge is 2.44. The first-order valence-corrected chi connectivity index (χ1v) is 10.4. The summed E-state index contributed by atoms with van der Waals surface area (Å²) in [6, 6.07) is 8.73. The van der Waals surface area contributed by atoms with Crippen molar-refractivity contribution in [3.8, 4) is 0 Å². The molecular formula is C20H31BrN4. The number of hydrogen-bond donors (Lipinski definition) is 2. The number of hydrogen-bond acceptors (Lipinski definition) is 2. The Morgan fingerprint density at radius 3 is 2.88 bits per heavy atom. The molecule has 3 rings (SSSR count). The molecule has 1 atom stereocenters. The average Bonchev–Trinajstić information content (AvgIpc) is 3.28. The van der Waals surface area contributed by atoms with Crippen molar-refractivity contribution in [1.29, 1.82) is 0 Å². The van der Waals surface area contributed by atoms with Crippen molar-refractivity contribution in [2.24, 2.45) is 10.9 Å². The van der Waals surface area contributed by atoms with E-state index in [4.69, 9.17) is 0 Å². The van der Waals surface area contributed by atoms with Crippen LogP contribution >= 0.6 is 15.9 Å². The Hall–Kier alpha value is -1.07. The highest BCUT2D eigenvalue weighted by molar-refractivity contribution is 9.10. The zero-order chi connectivity index (χ0) is 17.7. The molecule has 0 radical (unpaired) electrons. The average molecular weight is 407 g/mol. The van der Waals surface area contributed by atoms with Crippen LogP contribution in [0.5, 0.6) is 0 Å². The van der Waals surface area contributed by atoms with Gasteiger partial charge in [-0.3, -0.25) is 4.99 Å². The molecule has 2 fully saturated rings. The highest BCUT2D eigenvalue weighted by Crippen LogP contribution is 2.48. The molecule has 25 heavy (non-hydrogen) atoms. The summed E-state index contributed by atoms with van der Waals surface area (Å²) < 4.78 is 1.16. The molecule has 1 saturated heterocycles. The lowest BCUT2D eigenvalue weighted by Gasteiger charge is -2.20. The molecular weight excluding hydrogens is 376 g/mol. The number of aliphatic imine (C=N–C) groups is 1. The first-order chi connectivity index (χ1) is 12.1. The van der Waals surface area contributed by atoms with Gasteiger partial charge < -0.3 is 15.5 Å². The van der Waals surface area contributed by atoms with Crippen LogP contribution in [0, 0.1) is 5.92 Å². The summed E-state index contributed by atoms with van der Waals surface area (Å²) in [6.07, 6.45) is 5.05. The molecule has 2 N–H and O–H groups in total. The topological polar surface area (TPSA) is 39.7 Å². The normalized spacial score (nSPS) is 22.8. The smallest absolute Gasteiger partial charge is 0.191 e. The molecule has 1 heterocycles. The first-order valence-electron chi connectivity index (χ1n) is 9.58. The predicted octanol–water partition coefficient (Wildman–Crippen LogP) is 3.38. The lowest BCUT2D eigenvalue weighted by Crippen LogP contribution is -2.43. The van der Waals surface area contributed by atoms with Crippen LogP contribution in [0.3, 0.4) is 0 Å². The Bertz CT molecular complexity index is 597. The van der Waals surface area contributed by atoms with E-state index in [2.05, 4.69) is 67.6 Å². The molecule has 0 aromatic heterocycles. The molecule has 1 aromatic carbocycles. The van der Waals surface area contributed by atoms with Gasteiger partial charge in [-0.1, -0.05) is 35.0 Å². The third-order valence-electron chi connectivity index (χ3n) is 5.58. The van der Waals surface area contributed by atoms with Gasteiger partial charge in [-0.2, -0.15) is 0 Å². The van der Waals surface area contributed by atoms with Gasteiger partial charge in [0.15, 0.2) is 5.96 Å². The second-order valence-corrected chi connectivity index (χ2v) is 8.47. The van der Waals surface area contributed by atoms with Crippen LogP contribution in [0.1, 0.15) is 38.2 Å². The van der Waals surface area contributed by atoms with Gasteiger partial charge in [-0.05, 0) is 62.4 Å². The summed E-state index contributed by atoms with van der Waals surface area (Å²) in [5.74, 6) is 1.68. The van der Waals surface area contributed by atoms with Crippen LogP contribution in [0.2, 0.25) is 0 Å². The number of halogens is 1. The lowest BCUT2D eigenvalue weighted by molar-refractivity contribution is 0.324. The molecule has 0 amide bonds. The minimum absolute atomic E-state index is 0.284. The van der Waals surface area contributed by atoms with E-state index in [-0.39, 0.29) is 5.41 Å². The highest BCUT2D eigenvalue weighted by atomic mass is 79.9. The minimum atomic E-state index is 0.284. The number of benzene rings is 1. The number of nitrogens with one attached hydrogen (secondary N) is 2. The van der Waals surface area contributed by atoms with Crippen LogP contribution in [0.25, 0.3) is 0 Å². The van der Waals surface area contributed by atoms with E-state index in [0.29, 0.717) is 0 Å². The van der Waals surface area contributed by atoms with Crippen molar-refractivity contribution in [2.75, 3.05) is 39.8 Å². The molecule has 1 aromatic rings. The summed E-state index contributed by atoms with van der Waals surface area (Å²) in [6.45, 7) is 7.94. The van der Waals surface area contributed by atoms with Crippen molar-refractivity contribution in [1.82, 2.24) is 15.5 Å². The molecule has 1 aliphatic heterocycles. The van der Waals surface area contributed by atoms with Gasteiger partial charge >= 0.3 is 0 Å². The Morgan fingerprint density at radius 1 is 1.36 bits per heavy atom. The van der Waals surface area contributed by atoms with E-state index in [1.807, 2.05) is 7.05 Å². The second kappa shape index (κ2) is 8.54. The number of likely N-dealkylation sites (tertiary alicyclic amines) is 1. The fraction of sp³-hybridized carbons (Fsp3) is 0.650. The maximum Gasteiger partial charge on any atom is 0.191 e. The second-order valence-electron chi connectivity index (χ2n) is 7.55. The summed E-state index contributed by atoms with van der Waals surface area (Å²) in [5, 5.41) is 7.10. The Labute approximate surface area is 160 Å². The van der Waals surface area contributed by atoms with E-state index >= 15 is 0 Å². The molecule has 1 unspecified atom stereocenters. The molecule has 0 bridgehead atoms. The van der Waals surface area contributed by atoms with Crippen molar-refractivity contribution in [2.45, 2.75) is 38.0 Å². The van der Waals surface area contributed by atoms with Gasteiger partial charge in [0.05, 0.1) is 0 Å². The molecule has 4 nitrogen and oxygen atoms in total. The summed E-state index contributed by atoms with van der Waals surface area (Å²) in [7, 11) is 1.87. The van der Waals surface area contributed by atoms with E-state index in [0.717, 1.165) is 29.4 Å². The molecule has 138 valence electrons. The van der Waals surface area contributed by atoms with Crippen molar-refractivity contribution in [3.05, 3.63) is 34.3 Å². The SMILES string of the molecule is CCCN1CCC(CNC(=NC)NCC2(c3cccc(Br)c3)CC2)C1. The number of nitrogens with zero attached hydrogens (tertiary/aromatic N) is 2. The predicted molar refractivity (Wildman–Crippen MR) is 109 cm³/mol. The first kappa shape index (κ1) is 18.7. The standard InChI is InChI=1S/C20H31BrN4/c1-3-10-25-11-7-16(14-25)13-23-19(22-2)24-15-20(8-9-20)17-5-4-6-18(21)12-17/h4-6,12,16H,3,7-11,13-15H2,1-2H3,(H2,22,23,24). The van der Waals surface area contributed by atoms with Crippen LogP contribution in [0.4, 0.5) is 0 Å². The third kappa shape index (κ3) is 4.98. The van der Waals surface area contributed by atoms with E-state index in [1.165, 1.54) is 50.9 Å². The fourth-order valence-corrected chi connectivity index (χ4v) is 4.25. The lowest BCUT2D eigenvalue weighted by atomic mass is 9.96. The van der Waals surface area contributed by atoms with Gasteiger partial charge in [-0.15, -0.1) is 0 Å². The molecule has 1 saturated carbocycles. The van der Waals surface area contributed by atoms with Crippen LogP contribution in [0.15, 0.2) is 33.7 Å². The third-order valence-corrected chi connectivity index (χ3v) is 6.07. The molecule has 0 spiro atoms. The summed E-state index contributed by atoms with van der Waals surface area (Å²) in [4.78, 5) is 7.00. The zero-order valence-corrected chi connectivity index (χ0v) is 17.1. The quantitative estimate of drug-likeness (QED) is 0.538. The van der Waals surface area contributed by atoms with Gasteiger partial charge in [0.25, 0.3) is 0 Å². The number of rotatable bonds is 7. The Kier molecular flexibility index (Phi) is 6.39. The summed E-state index contributed by atoms with van der Waals surface area (Å²) >= 11 is 3.59. The maximum atomic E-state index is 4.42. The molecule has 1 aliphatic carbocycles. The monoisotopic (exact) mass is 406 g/mol. The van der Waals surface area contributed by atoms with Gasteiger partial charge in [0, 0.05) is 36.6 Å².